The van der Waals surface area contributed by atoms with Crippen molar-refractivity contribution < 1.29 is 14.9 Å². The first kappa shape index (κ1) is 10.9. The molecule has 0 saturated carbocycles. The number of methoxy groups -OCH3 is 1. The van der Waals surface area contributed by atoms with Gasteiger partial charge >= 0.3 is 0 Å². The van der Waals surface area contributed by atoms with Crippen LogP contribution in [0.2, 0.25) is 0 Å². The summed E-state index contributed by atoms with van der Waals surface area (Å²) in [5.41, 5.74) is 0.810. The Labute approximate surface area is 84.0 Å². The molecule has 0 aliphatic rings. The molecule has 0 radical (unpaired) electrons. The molecule has 0 aliphatic carbocycles. The van der Waals surface area contributed by atoms with E-state index in [1.807, 2.05) is 0 Å². The summed E-state index contributed by atoms with van der Waals surface area (Å²) in [6.45, 7) is 1.73. The number of aryl methyl sites for hydroxylation is 1. The third kappa shape index (κ3) is 2.92. The SMILES string of the molecule is COc1ccc(O)c(CC[C@@H](C)O)c1. The molecule has 0 aromatic heterocycles. The van der Waals surface area contributed by atoms with E-state index in [9.17, 15) is 5.11 Å². The largest absolute Gasteiger partial charge is 0.508 e. The summed E-state index contributed by atoms with van der Waals surface area (Å²) < 4.78 is 5.04. The number of ether oxygens (including phenoxy) is 1. The van der Waals surface area contributed by atoms with Gasteiger partial charge in [-0.25, -0.2) is 0 Å². The lowest BCUT2D eigenvalue weighted by molar-refractivity contribution is 0.184. The van der Waals surface area contributed by atoms with Gasteiger partial charge in [0, 0.05) is 0 Å². The fourth-order valence-corrected chi connectivity index (χ4v) is 1.25. The van der Waals surface area contributed by atoms with Crippen LogP contribution in [0.15, 0.2) is 18.2 Å². The minimum atomic E-state index is -0.347. The number of hydrogen-bond acceptors (Lipinski definition) is 3. The Morgan fingerprint density at radius 3 is 2.71 bits per heavy atom. The zero-order chi connectivity index (χ0) is 10.6. The van der Waals surface area contributed by atoms with E-state index in [1.165, 1.54) is 0 Å². The molecule has 1 atom stereocenters. The second-order valence-corrected chi connectivity index (χ2v) is 3.38. The van der Waals surface area contributed by atoms with Crippen molar-refractivity contribution in [2.24, 2.45) is 0 Å². The van der Waals surface area contributed by atoms with Crippen LogP contribution in [0.25, 0.3) is 0 Å². The predicted molar refractivity (Wildman–Crippen MR) is 54.7 cm³/mol. The Morgan fingerprint density at radius 2 is 2.14 bits per heavy atom. The van der Waals surface area contributed by atoms with Gasteiger partial charge in [0.15, 0.2) is 0 Å². The van der Waals surface area contributed by atoms with E-state index in [1.54, 1.807) is 32.2 Å². The van der Waals surface area contributed by atoms with E-state index >= 15 is 0 Å². The molecule has 0 heterocycles. The first-order chi connectivity index (χ1) is 6.63. The molecule has 0 unspecified atom stereocenters. The minimum absolute atomic E-state index is 0.256. The highest BCUT2D eigenvalue weighted by Crippen LogP contribution is 2.24. The maximum Gasteiger partial charge on any atom is 0.119 e. The Balaban J connectivity index is 2.73. The lowest BCUT2D eigenvalue weighted by atomic mass is 10.1. The van der Waals surface area contributed by atoms with Crippen LogP contribution in [0.3, 0.4) is 0 Å². The first-order valence-electron chi connectivity index (χ1n) is 4.67. The third-order valence-electron chi connectivity index (χ3n) is 2.12. The van der Waals surface area contributed by atoms with Crippen molar-refractivity contribution in [3.8, 4) is 11.5 Å². The van der Waals surface area contributed by atoms with E-state index in [2.05, 4.69) is 0 Å². The molecule has 3 nitrogen and oxygen atoms in total. The van der Waals surface area contributed by atoms with E-state index in [4.69, 9.17) is 9.84 Å². The summed E-state index contributed by atoms with van der Waals surface area (Å²) in [7, 11) is 1.59. The smallest absolute Gasteiger partial charge is 0.119 e. The summed E-state index contributed by atoms with van der Waals surface area (Å²) in [5.74, 6) is 0.981. The number of aliphatic hydroxyl groups excluding tert-OH is 1. The molecule has 1 rings (SSSR count). The molecule has 0 spiro atoms. The van der Waals surface area contributed by atoms with Crippen LogP contribution < -0.4 is 4.74 Å². The van der Waals surface area contributed by atoms with Gasteiger partial charge < -0.3 is 14.9 Å². The number of rotatable bonds is 4. The topological polar surface area (TPSA) is 49.7 Å². The summed E-state index contributed by atoms with van der Waals surface area (Å²) >= 11 is 0. The first-order valence-corrected chi connectivity index (χ1v) is 4.67. The molecular weight excluding hydrogens is 180 g/mol. The Hall–Kier alpha value is -1.22. The molecule has 0 bridgehead atoms. The molecule has 2 N–H and O–H groups in total. The van der Waals surface area contributed by atoms with E-state index in [0.29, 0.717) is 12.8 Å². The molecule has 0 saturated heterocycles. The Bertz CT molecular complexity index is 295. The zero-order valence-corrected chi connectivity index (χ0v) is 8.53. The number of benzene rings is 1. The van der Waals surface area contributed by atoms with E-state index in [-0.39, 0.29) is 11.9 Å². The van der Waals surface area contributed by atoms with Crippen LogP contribution in [-0.4, -0.2) is 23.4 Å². The van der Waals surface area contributed by atoms with Crippen LogP contribution in [0.1, 0.15) is 18.9 Å². The van der Waals surface area contributed by atoms with Gasteiger partial charge in [0.1, 0.15) is 11.5 Å². The normalized spacial score (nSPS) is 12.5. The Morgan fingerprint density at radius 1 is 1.43 bits per heavy atom. The van der Waals surface area contributed by atoms with Crippen LogP contribution in [0.5, 0.6) is 11.5 Å². The fraction of sp³-hybridized carbons (Fsp3) is 0.455. The fourth-order valence-electron chi connectivity index (χ4n) is 1.25. The van der Waals surface area contributed by atoms with Gasteiger partial charge in [0.05, 0.1) is 13.2 Å². The van der Waals surface area contributed by atoms with Crippen LogP contribution >= 0.6 is 0 Å². The molecule has 3 heteroatoms. The van der Waals surface area contributed by atoms with Gasteiger partial charge in [-0.2, -0.15) is 0 Å². The second kappa shape index (κ2) is 4.86. The summed E-state index contributed by atoms with van der Waals surface area (Å²) in [5, 5.41) is 18.6. The van der Waals surface area contributed by atoms with Crippen LogP contribution in [0, 0.1) is 0 Å². The number of aliphatic hydroxyl groups is 1. The minimum Gasteiger partial charge on any atom is -0.508 e. The third-order valence-corrected chi connectivity index (χ3v) is 2.12. The molecule has 0 aliphatic heterocycles. The maximum absolute atomic E-state index is 9.51. The molecule has 1 aromatic rings. The van der Waals surface area contributed by atoms with Crippen LogP contribution in [0.4, 0.5) is 0 Å². The Kier molecular flexibility index (Phi) is 3.77. The molecule has 78 valence electrons. The highest BCUT2D eigenvalue weighted by Gasteiger charge is 2.04. The standard InChI is InChI=1S/C11H16O3/c1-8(12)3-4-9-7-10(14-2)5-6-11(9)13/h5-8,12-13H,3-4H2,1-2H3/t8-/m1/s1. The van der Waals surface area contributed by atoms with Crippen molar-refractivity contribution >= 4 is 0 Å². The van der Waals surface area contributed by atoms with Crippen LogP contribution in [-0.2, 0) is 6.42 Å². The van der Waals surface area contributed by atoms with Gasteiger partial charge in [-0.05, 0) is 43.5 Å². The van der Waals surface area contributed by atoms with Gasteiger partial charge in [0.2, 0.25) is 0 Å². The molecule has 0 fully saturated rings. The summed E-state index contributed by atoms with van der Waals surface area (Å²) in [6.07, 6.45) is 0.946. The second-order valence-electron chi connectivity index (χ2n) is 3.38. The van der Waals surface area contributed by atoms with Crippen molar-refractivity contribution in [2.75, 3.05) is 7.11 Å². The molecule has 14 heavy (non-hydrogen) atoms. The molecule has 1 aromatic carbocycles. The zero-order valence-electron chi connectivity index (χ0n) is 8.53. The average molecular weight is 196 g/mol. The number of aromatic hydroxyl groups is 1. The highest BCUT2D eigenvalue weighted by atomic mass is 16.5. The van der Waals surface area contributed by atoms with Gasteiger partial charge in [-0.15, -0.1) is 0 Å². The van der Waals surface area contributed by atoms with Crippen molar-refractivity contribution in [2.45, 2.75) is 25.9 Å². The lowest BCUT2D eigenvalue weighted by Crippen LogP contribution is -2.01. The quantitative estimate of drug-likeness (QED) is 0.770. The van der Waals surface area contributed by atoms with Gasteiger partial charge in [-0.3, -0.25) is 0 Å². The summed E-state index contributed by atoms with van der Waals surface area (Å²) in [4.78, 5) is 0. The van der Waals surface area contributed by atoms with Gasteiger partial charge in [-0.1, -0.05) is 0 Å². The van der Waals surface area contributed by atoms with Crippen molar-refractivity contribution in [3.05, 3.63) is 23.8 Å². The lowest BCUT2D eigenvalue weighted by Gasteiger charge is -2.08. The highest BCUT2D eigenvalue weighted by molar-refractivity contribution is 5.39. The van der Waals surface area contributed by atoms with Gasteiger partial charge in [0.25, 0.3) is 0 Å². The van der Waals surface area contributed by atoms with Crippen molar-refractivity contribution in [3.63, 3.8) is 0 Å². The number of phenols is 1. The van der Waals surface area contributed by atoms with E-state index in [0.717, 1.165) is 11.3 Å². The molecule has 0 amide bonds. The van der Waals surface area contributed by atoms with Crippen molar-refractivity contribution in [1.29, 1.82) is 0 Å². The summed E-state index contributed by atoms with van der Waals surface area (Å²) in [6, 6.07) is 5.11. The number of phenolic OH excluding ortho intramolecular Hbond substituents is 1. The van der Waals surface area contributed by atoms with E-state index < -0.39 is 0 Å². The maximum atomic E-state index is 9.51. The van der Waals surface area contributed by atoms with Crippen molar-refractivity contribution in [1.82, 2.24) is 0 Å². The molecular formula is C11H16O3. The number of hydrogen-bond donors (Lipinski definition) is 2. The monoisotopic (exact) mass is 196 g/mol. The average Bonchev–Trinajstić information content (AvgIpc) is 2.16. The predicted octanol–water partition coefficient (Wildman–Crippen LogP) is 1.71.